The summed E-state index contributed by atoms with van der Waals surface area (Å²) in [6.45, 7) is 0. The SMILES string of the molecule is O=c1c(O)c(-c2cccc3ccccc23)cc(-c2cccc3ccccc23)c(O)c1O. The Morgan fingerprint density at radius 2 is 0.903 bits per heavy atom. The summed E-state index contributed by atoms with van der Waals surface area (Å²) in [5.41, 5.74) is 0.744. The molecule has 0 atom stereocenters. The highest BCUT2D eigenvalue weighted by atomic mass is 16.3. The quantitative estimate of drug-likeness (QED) is 0.346. The maximum atomic E-state index is 12.7. The molecule has 0 spiro atoms. The Kier molecular flexibility index (Phi) is 4.33. The Morgan fingerprint density at radius 1 is 0.452 bits per heavy atom. The van der Waals surface area contributed by atoms with Crippen LogP contribution in [0.1, 0.15) is 0 Å². The van der Waals surface area contributed by atoms with E-state index in [1.165, 1.54) is 0 Å². The average molecular weight is 406 g/mol. The second-order valence-electron chi connectivity index (χ2n) is 7.40. The van der Waals surface area contributed by atoms with Gasteiger partial charge in [-0.1, -0.05) is 84.9 Å². The van der Waals surface area contributed by atoms with Gasteiger partial charge >= 0.3 is 0 Å². The summed E-state index contributed by atoms with van der Waals surface area (Å²) < 4.78 is 0. The molecule has 150 valence electrons. The van der Waals surface area contributed by atoms with Crippen LogP contribution in [-0.2, 0) is 0 Å². The third-order valence-corrected chi connectivity index (χ3v) is 5.61. The first-order valence-electron chi connectivity index (χ1n) is 9.85. The van der Waals surface area contributed by atoms with Gasteiger partial charge in [-0.2, -0.15) is 0 Å². The summed E-state index contributed by atoms with van der Waals surface area (Å²) in [6.07, 6.45) is 0. The number of rotatable bonds is 2. The van der Waals surface area contributed by atoms with Crippen LogP contribution in [0.5, 0.6) is 17.2 Å². The van der Waals surface area contributed by atoms with Crippen molar-refractivity contribution in [1.29, 1.82) is 0 Å². The Morgan fingerprint density at radius 3 is 1.45 bits per heavy atom. The van der Waals surface area contributed by atoms with Crippen LogP contribution in [-0.4, -0.2) is 15.3 Å². The molecule has 0 aliphatic rings. The maximum absolute atomic E-state index is 12.7. The largest absolute Gasteiger partial charge is 0.504 e. The average Bonchev–Trinajstić information content (AvgIpc) is 2.89. The first kappa shape index (κ1) is 18.7. The van der Waals surface area contributed by atoms with Gasteiger partial charge in [-0.05, 0) is 38.7 Å². The first-order valence-corrected chi connectivity index (χ1v) is 9.85. The van der Waals surface area contributed by atoms with Crippen LogP contribution in [0.3, 0.4) is 0 Å². The van der Waals surface area contributed by atoms with Gasteiger partial charge in [-0.3, -0.25) is 4.79 Å². The second-order valence-corrected chi connectivity index (χ2v) is 7.40. The zero-order valence-electron chi connectivity index (χ0n) is 16.4. The van der Waals surface area contributed by atoms with Gasteiger partial charge < -0.3 is 15.3 Å². The van der Waals surface area contributed by atoms with E-state index in [4.69, 9.17) is 0 Å². The third kappa shape index (κ3) is 2.97. The van der Waals surface area contributed by atoms with Crippen molar-refractivity contribution in [3.63, 3.8) is 0 Å². The molecular formula is C27H18O4. The summed E-state index contributed by atoms with van der Waals surface area (Å²) >= 11 is 0. The highest BCUT2D eigenvalue weighted by molar-refractivity contribution is 6.02. The molecular weight excluding hydrogens is 388 g/mol. The van der Waals surface area contributed by atoms with E-state index in [0.29, 0.717) is 11.1 Å². The van der Waals surface area contributed by atoms with Crippen LogP contribution < -0.4 is 5.43 Å². The maximum Gasteiger partial charge on any atom is 0.266 e. The molecule has 0 aliphatic carbocycles. The van der Waals surface area contributed by atoms with E-state index in [9.17, 15) is 20.1 Å². The van der Waals surface area contributed by atoms with Crippen molar-refractivity contribution in [3.8, 4) is 39.5 Å². The van der Waals surface area contributed by atoms with Crippen LogP contribution in [0.25, 0.3) is 43.8 Å². The molecule has 0 unspecified atom stereocenters. The summed E-state index contributed by atoms with van der Waals surface area (Å²) in [4.78, 5) is 12.7. The molecule has 5 aromatic rings. The number of aromatic hydroxyl groups is 3. The summed E-state index contributed by atoms with van der Waals surface area (Å²) in [7, 11) is 0. The fourth-order valence-electron chi connectivity index (χ4n) is 4.08. The zero-order chi connectivity index (χ0) is 21.5. The lowest BCUT2D eigenvalue weighted by molar-refractivity contribution is 0.397. The predicted octanol–water partition coefficient (Wildman–Crippen LogP) is 5.80. The Labute approximate surface area is 177 Å². The molecule has 5 rings (SSSR count). The lowest BCUT2D eigenvalue weighted by Crippen LogP contribution is -1.97. The predicted molar refractivity (Wildman–Crippen MR) is 124 cm³/mol. The van der Waals surface area contributed by atoms with Crippen molar-refractivity contribution >= 4 is 21.5 Å². The van der Waals surface area contributed by atoms with Crippen LogP contribution >= 0.6 is 0 Å². The van der Waals surface area contributed by atoms with Crippen molar-refractivity contribution in [2.75, 3.05) is 0 Å². The summed E-state index contributed by atoms with van der Waals surface area (Å²) in [5.74, 6) is -2.06. The molecule has 0 saturated heterocycles. The van der Waals surface area contributed by atoms with Gasteiger partial charge in [0.25, 0.3) is 5.43 Å². The molecule has 0 amide bonds. The van der Waals surface area contributed by atoms with Crippen LogP contribution in [0.15, 0.2) is 95.8 Å². The van der Waals surface area contributed by atoms with Crippen molar-refractivity contribution < 1.29 is 15.3 Å². The van der Waals surface area contributed by atoms with E-state index in [1.54, 1.807) is 12.1 Å². The molecule has 0 aliphatic heterocycles. The molecule has 4 nitrogen and oxygen atoms in total. The number of fused-ring (bicyclic) bond motifs is 2. The lowest BCUT2D eigenvalue weighted by Gasteiger charge is -2.10. The van der Waals surface area contributed by atoms with E-state index in [-0.39, 0.29) is 11.1 Å². The second kappa shape index (κ2) is 7.18. The zero-order valence-corrected chi connectivity index (χ0v) is 16.4. The summed E-state index contributed by atoms with van der Waals surface area (Å²) in [6, 6.07) is 28.0. The van der Waals surface area contributed by atoms with Crippen molar-refractivity contribution in [2.24, 2.45) is 0 Å². The number of hydrogen-bond donors (Lipinski definition) is 3. The third-order valence-electron chi connectivity index (χ3n) is 5.61. The number of benzene rings is 4. The lowest BCUT2D eigenvalue weighted by atomic mass is 9.95. The van der Waals surface area contributed by atoms with Gasteiger partial charge in [-0.15, -0.1) is 0 Å². The molecule has 0 radical (unpaired) electrons. The van der Waals surface area contributed by atoms with Crippen molar-refractivity contribution in [1.82, 2.24) is 0 Å². The monoisotopic (exact) mass is 406 g/mol. The standard InChI is InChI=1S/C27H18O4/c28-24-22(20-13-5-9-16-7-1-3-11-18(16)20)15-23(25(29)27(31)26(24)30)21-14-6-10-17-8-2-4-12-19(17)21/h1-15H,(H3,28,29,30,31). The summed E-state index contributed by atoms with van der Waals surface area (Å²) in [5, 5.41) is 35.6. The Balaban J connectivity index is 1.93. The first-order chi connectivity index (χ1) is 15.1. The molecule has 3 N–H and O–H groups in total. The van der Waals surface area contributed by atoms with Crippen LogP contribution in [0.4, 0.5) is 0 Å². The molecule has 0 saturated carbocycles. The Bertz CT molecular complexity index is 1530. The van der Waals surface area contributed by atoms with E-state index in [0.717, 1.165) is 21.5 Å². The highest BCUT2D eigenvalue weighted by Crippen LogP contribution is 2.42. The van der Waals surface area contributed by atoms with Crippen molar-refractivity contribution in [3.05, 3.63) is 101 Å². The molecule has 31 heavy (non-hydrogen) atoms. The smallest absolute Gasteiger partial charge is 0.266 e. The van der Waals surface area contributed by atoms with Gasteiger partial charge in [0.15, 0.2) is 11.5 Å². The molecule has 0 heterocycles. The molecule has 5 aromatic carbocycles. The minimum absolute atomic E-state index is 0.236. The van der Waals surface area contributed by atoms with E-state index in [1.807, 2.05) is 78.9 Å². The van der Waals surface area contributed by atoms with E-state index in [2.05, 4.69) is 0 Å². The highest BCUT2D eigenvalue weighted by Gasteiger charge is 2.20. The van der Waals surface area contributed by atoms with Crippen LogP contribution in [0.2, 0.25) is 0 Å². The topological polar surface area (TPSA) is 77.8 Å². The molecule has 0 aromatic heterocycles. The van der Waals surface area contributed by atoms with Crippen molar-refractivity contribution in [2.45, 2.75) is 0 Å². The van der Waals surface area contributed by atoms with Gasteiger partial charge in [0, 0.05) is 11.1 Å². The fraction of sp³-hybridized carbons (Fsp3) is 0. The molecule has 0 fully saturated rings. The minimum atomic E-state index is -1.02. The minimum Gasteiger partial charge on any atom is -0.504 e. The Hall–Kier alpha value is -4.31. The molecule has 4 heteroatoms. The van der Waals surface area contributed by atoms with Gasteiger partial charge in [-0.25, -0.2) is 0 Å². The molecule has 0 bridgehead atoms. The van der Waals surface area contributed by atoms with Crippen LogP contribution in [0, 0.1) is 0 Å². The number of hydrogen-bond acceptors (Lipinski definition) is 4. The normalized spacial score (nSPS) is 11.1. The van der Waals surface area contributed by atoms with E-state index >= 15 is 0 Å². The van der Waals surface area contributed by atoms with E-state index < -0.39 is 22.7 Å². The fourth-order valence-corrected chi connectivity index (χ4v) is 4.08. The van der Waals surface area contributed by atoms with Gasteiger partial charge in [0.2, 0.25) is 5.75 Å². The van der Waals surface area contributed by atoms with Gasteiger partial charge in [0.05, 0.1) is 0 Å². The van der Waals surface area contributed by atoms with Gasteiger partial charge in [0.1, 0.15) is 0 Å².